The van der Waals surface area contributed by atoms with Crippen LogP contribution in [0.4, 0.5) is 10.5 Å². The summed E-state index contributed by atoms with van der Waals surface area (Å²) in [7, 11) is 1.69. The zero-order valence-electron chi connectivity index (χ0n) is 12.1. The number of hydrogen-bond donors (Lipinski definition) is 2. The van der Waals surface area contributed by atoms with Gasteiger partial charge in [0.1, 0.15) is 0 Å². The second kappa shape index (κ2) is 7.52. The van der Waals surface area contributed by atoms with Crippen LogP contribution in [0.25, 0.3) is 0 Å². The van der Waals surface area contributed by atoms with Crippen molar-refractivity contribution in [3.63, 3.8) is 0 Å². The van der Waals surface area contributed by atoms with Crippen molar-refractivity contribution >= 4 is 40.9 Å². The summed E-state index contributed by atoms with van der Waals surface area (Å²) in [6, 6.07) is 2.28. The van der Waals surface area contributed by atoms with E-state index in [1.165, 1.54) is 12.1 Å². The van der Waals surface area contributed by atoms with Gasteiger partial charge in [0.25, 0.3) is 0 Å². The number of carboxylic acid groups (broad SMARTS) is 1. The highest BCUT2D eigenvalue weighted by Crippen LogP contribution is 2.32. The van der Waals surface area contributed by atoms with E-state index in [1.807, 2.05) is 13.8 Å². The highest BCUT2D eigenvalue weighted by molar-refractivity contribution is 6.40. The molecule has 0 aliphatic rings. The minimum Gasteiger partial charge on any atom is -0.478 e. The predicted molar refractivity (Wildman–Crippen MR) is 84.6 cm³/mol. The first-order valence-electron chi connectivity index (χ1n) is 6.57. The molecule has 0 aromatic heterocycles. The van der Waals surface area contributed by atoms with Crippen LogP contribution in [0, 0.1) is 0 Å². The molecule has 0 aliphatic carbocycles. The first-order chi connectivity index (χ1) is 9.81. The van der Waals surface area contributed by atoms with Gasteiger partial charge in [-0.15, -0.1) is 0 Å². The summed E-state index contributed by atoms with van der Waals surface area (Å²) in [5.74, 6) is -1.13. The number of halogens is 2. The Hall–Kier alpha value is -1.46. The lowest BCUT2D eigenvalue weighted by Crippen LogP contribution is -2.39. The van der Waals surface area contributed by atoms with Crippen LogP contribution in [-0.2, 0) is 0 Å². The number of nitrogens with zero attached hydrogens (tertiary/aromatic N) is 1. The van der Waals surface area contributed by atoms with Gasteiger partial charge < -0.3 is 15.3 Å². The smallest absolute Gasteiger partial charge is 0.335 e. The van der Waals surface area contributed by atoms with Crippen LogP contribution in [0.5, 0.6) is 0 Å². The van der Waals surface area contributed by atoms with Crippen LogP contribution in [0.3, 0.4) is 0 Å². The normalized spacial score (nSPS) is 10.6. The summed E-state index contributed by atoms with van der Waals surface area (Å²) in [5.41, 5.74) is 0.183. The molecule has 116 valence electrons. The molecular formula is C14H18Cl2N2O3. The van der Waals surface area contributed by atoms with Crippen LogP contribution in [-0.4, -0.2) is 35.1 Å². The van der Waals surface area contributed by atoms with Crippen molar-refractivity contribution in [3.05, 3.63) is 27.7 Å². The van der Waals surface area contributed by atoms with Gasteiger partial charge >= 0.3 is 12.0 Å². The Kier molecular flexibility index (Phi) is 6.30. The molecule has 1 aromatic carbocycles. The van der Waals surface area contributed by atoms with Gasteiger partial charge in [-0.1, -0.05) is 37.0 Å². The van der Waals surface area contributed by atoms with Gasteiger partial charge in [0.2, 0.25) is 0 Å². The topological polar surface area (TPSA) is 69.6 Å². The third-order valence-corrected chi connectivity index (χ3v) is 3.93. The summed E-state index contributed by atoms with van der Waals surface area (Å²) in [5, 5.41) is 11.7. The second-order valence-electron chi connectivity index (χ2n) is 4.63. The lowest BCUT2D eigenvalue weighted by Gasteiger charge is -2.26. The lowest BCUT2D eigenvalue weighted by atomic mass is 10.1. The zero-order chi connectivity index (χ0) is 16.2. The van der Waals surface area contributed by atoms with Gasteiger partial charge in [0, 0.05) is 13.1 Å². The molecule has 0 aliphatic heterocycles. The number of nitrogens with one attached hydrogen (secondary N) is 1. The third-order valence-electron chi connectivity index (χ3n) is 3.33. The van der Waals surface area contributed by atoms with E-state index in [-0.39, 0.29) is 33.4 Å². The summed E-state index contributed by atoms with van der Waals surface area (Å²) in [4.78, 5) is 24.7. The van der Waals surface area contributed by atoms with E-state index in [0.29, 0.717) is 0 Å². The molecule has 0 saturated heterocycles. The highest BCUT2D eigenvalue weighted by Gasteiger charge is 2.20. The minimum absolute atomic E-state index is 0.0312. The third kappa shape index (κ3) is 4.25. The second-order valence-corrected chi connectivity index (χ2v) is 5.45. The number of amides is 2. The summed E-state index contributed by atoms with van der Waals surface area (Å²) < 4.78 is 0. The molecule has 1 rings (SSSR count). The SMILES string of the molecule is CCC(CC)N(C)C(=O)Nc1c(Cl)cc(C(=O)O)cc1Cl. The number of rotatable bonds is 5. The molecule has 0 fully saturated rings. The fraction of sp³-hybridized carbons (Fsp3) is 0.429. The Bertz CT molecular complexity index is 522. The number of hydrogen-bond acceptors (Lipinski definition) is 2. The van der Waals surface area contributed by atoms with E-state index >= 15 is 0 Å². The first-order valence-corrected chi connectivity index (χ1v) is 7.33. The first kappa shape index (κ1) is 17.6. The quantitative estimate of drug-likeness (QED) is 0.842. The van der Waals surface area contributed by atoms with E-state index in [9.17, 15) is 9.59 Å². The summed E-state index contributed by atoms with van der Waals surface area (Å²) in [6.07, 6.45) is 1.67. The van der Waals surface area contributed by atoms with Crippen molar-refractivity contribution in [2.45, 2.75) is 32.7 Å². The maximum Gasteiger partial charge on any atom is 0.335 e. The molecule has 0 atom stereocenters. The van der Waals surface area contributed by atoms with Gasteiger partial charge in [-0.3, -0.25) is 0 Å². The van der Waals surface area contributed by atoms with Crippen molar-refractivity contribution in [3.8, 4) is 0 Å². The van der Waals surface area contributed by atoms with E-state index in [4.69, 9.17) is 28.3 Å². The van der Waals surface area contributed by atoms with Crippen LogP contribution >= 0.6 is 23.2 Å². The Labute approximate surface area is 133 Å². The molecule has 2 N–H and O–H groups in total. The molecule has 5 nitrogen and oxygen atoms in total. The standard InChI is InChI=1S/C14H18Cl2N2O3/c1-4-9(5-2)18(3)14(21)17-12-10(15)6-8(13(19)20)7-11(12)16/h6-7,9H,4-5H2,1-3H3,(H,17,21)(H,19,20). The number of benzene rings is 1. The Morgan fingerprint density at radius 1 is 1.24 bits per heavy atom. The summed E-state index contributed by atoms with van der Waals surface area (Å²) in [6.45, 7) is 4.00. The Balaban J connectivity index is 2.98. The highest BCUT2D eigenvalue weighted by atomic mass is 35.5. The number of carbonyl (C=O) groups excluding carboxylic acids is 1. The zero-order valence-corrected chi connectivity index (χ0v) is 13.6. The number of anilines is 1. The van der Waals surface area contributed by atoms with Gasteiger partial charge in [-0.05, 0) is 25.0 Å². The molecule has 0 unspecified atom stereocenters. The molecule has 21 heavy (non-hydrogen) atoms. The van der Waals surface area contributed by atoms with Crippen LogP contribution in [0.1, 0.15) is 37.0 Å². The fourth-order valence-electron chi connectivity index (χ4n) is 2.01. The van der Waals surface area contributed by atoms with E-state index in [0.717, 1.165) is 12.8 Å². The molecule has 0 bridgehead atoms. The predicted octanol–water partition coefficient (Wildman–Crippen LogP) is 4.34. The van der Waals surface area contributed by atoms with Crippen LogP contribution < -0.4 is 5.32 Å². The Morgan fingerprint density at radius 2 is 1.71 bits per heavy atom. The molecule has 7 heteroatoms. The molecule has 0 radical (unpaired) electrons. The maximum atomic E-state index is 12.2. The average Bonchev–Trinajstić information content (AvgIpc) is 2.43. The van der Waals surface area contributed by atoms with Crippen molar-refractivity contribution in [2.75, 3.05) is 12.4 Å². The van der Waals surface area contributed by atoms with E-state index < -0.39 is 5.97 Å². The largest absolute Gasteiger partial charge is 0.478 e. The van der Waals surface area contributed by atoms with E-state index in [1.54, 1.807) is 11.9 Å². The van der Waals surface area contributed by atoms with Crippen LogP contribution in [0.15, 0.2) is 12.1 Å². The fourth-order valence-corrected chi connectivity index (χ4v) is 2.59. The molecular weight excluding hydrogens is 315 g/mol. The summed E-state index contributed by atoms with van der Waals surface area (Å²) >= 11 is 12.0. The van der Waals surface area contributed by atoms with Crippen LogP contribution in [0.2, 0.25) is 10.0 Å². The monoisotopic (exact) mass is 332 g/mol. The molecule has 2 amide bonds. The Morgan fingerprint density at radius 3 is 2.10 bits per heavy atom. The number of carboxylic acids is 1. The van der Waals surface area contributed by atoms with Gasteiger partial charge in [-0.2, -0.15) is 0 Å². The van der Waals surface area contributed by atoms with Crippen molar-refractivity contribution in [1.29, 1.82) is 0 Å². The minimum atomic E-state index is -1.13. The van der Waals surface area contributed by atoms with Gasteiger partial charge in [-0.25, -0.2) is 9.59 Å². The van der Waals surface area contributed by atoms with E-state index in [2.05, 4.69) is 5.32 Å². The maximum absolute atomic E-state index is 12.2. The van der Waals surface area contributed by atoms with Crippen molar-refractivity contribution < 1.29 is 14.7 Å². The molecule has 0 heterocycles. The van der Waals surface area contributed by atoms with Crippen molar-refractivity contribution in [2.24, 2.45) is 0 Å². The van der Waals surface area contributed by atoms with Crippen molar-refractivity contribution in [1.82, 2.24) is 4.90 Å². The van der Waals surface area contributed by atoms with Gasteiger partial charge in [0.15, 0.2) is 0 Å². The number of carbonyl (C=O) groups is 2. The lowest BCUT2D eigenvalue weighted by molar-refractivity contribution is 0.0697. The number of urea groups is 1. The molecule has 0 spiro atoms. The number of aromatic carboxylic acids is 1. The van der Waals surface area contributed by atoms with Gasteiger partial charge in [0.05, 0.1) is 21.3 Å². The molecule has 1 aromatic rings. The molecule has 0 saturated carbocycles. The average molecular weight is 333 g/mol.